The van der Waals surface area contributed by atoms with Crippen LogP contribution in [0.3, 0.4) is 0 Å². The summed E-state index contributed by atoms with van der Waals surface area (Å²) in [7, 11) is 1.99. The van der Waals surface area contributed by atoms with E-state index in [1.165, 1.54) is 0 Å². The molecular formula is C8H11N3O. The number of carbonyl (C=O) groups excluding carboxylic acids is 1. The van der Waals surface area contributed by atoms with Crippen molar-refractivity contribution < 1.29 is 4.79 Å². The van der Waals surface area contributed by atoms with E-state index in [1.807, 2.05) is 11.6 Å². The number of nitrogens with zero attached hydrogens (tertiary/aromatic N) is 3. The van der Waals surface area contributed by atoms with Gasteiger partial charge in [-0.1, -0.05) is 0 Å². The Kier molecular flexibility index (Phi) is 1.60. The highest BCUT2D eigenvalue weighted by Crippen LogP contribution is 2.18. The summed E-state index contributed by atoms with van der Waals surface area (Å²) in [5.41, 5.74) is 0.677. The Balaban J connectivity index is 2.47. The normalized spacial score (nSPS) is 15.9. The van der Waals surface area contributed by atoms with E-state index in [-0.39, 0.29) is 0 Å². The summed E-state index contributed by atoms with van der Waals surface area (Å²) < 4.78 is 1.95. The van der Waals surface area contributed by atoms with Crippen LogP contribution in [0.25, 0.3) is 0 Å². The smallest absolute Gasteiger partial charge is 0.205 e. The standard InChI is InChI=1S/C8H11N3O/c1-10-3-2-4-11-7(6-12)5-9-8(10)11/h5-6H,2-4H2,1H3. The molecule has 1 aliphatic rings. The van der Waals surface area contributed by atoms with E-state index in [1.54, 1.807) is 6.20 Å². The van der Waals surface area contributed by atoms with Gasteiger partial charge in [0.25, 0.3) is 0 Å². The summed E-state index contributed by atoms with van der Waals surface area (Å²) in [6.45, 7) is 1.93. The average Bonchev–Trinajstić information content (AvgIpc) is 2.49. The molecule has 0 fully saturated rings. The first-order chi connectivity index (χ1) is 5.83. The predicted octanol–water partition coefficient (Wildman–Crippen LogP) is 0.535. The van der Waals surface area contributed by atoms with Gasteiger partial charge in [-0.2, -0.15) is 0 Å². The second-order valence-electron chi connectivity index (χ2n) is 3.03. The van der Waals surface area contributed by atoms with Crippen molar-refractivity contribution in [3.05, 3.63) is 11.9 Å². The maximum absolute atomic E-state index is 10.6. The van der Waals surface area contributed by atoms with Crippen molar-refractivity contribution in [2.75, 3.05) is 18.5 Å². The zero-order valence-electron chi connectivity index (χ0n) is 7.03. The molecule has 1 aromatic heterocycles. The van der Waals surface area contributed by atoms with Crippen LogP contribution in [0.15, 0.2) is 6.20 Å². The molecule has 2 rings (SSSR count). The van der Waals surface area contributed by atoms with E-state index in [0.29, 0.717) is 5.69 Å². The van der Waals surface area contributed by atoms with Crippen molar-refractivity contribution in [1.29, 1.82) is 0 Å². The van der Waals surface area contributed by atoms with Gasteiger partial charge in [0.05, 0.1) is 6.20 Å². The van der Waals surface area contributed by atoms with Crippen LogP contribution >= 0.6 is 0 Å². The Labute approximate surface area is 70.8 Å². The molecule has 0 aliphatic carbocycles. The van der Waals surface area contributed by atoms with Crippen molar-refractivity contribution >= 4 is 12.2 Å². The zero-order chi connectivity index (χ0) is 8.55. The summed E-state index contributed by atoms with van der Waals surface area (Å²) in [6, 6.07) is 0. The molecule has 0 saturated heterocycles. The van der Waals surface area contributed by atoms with E-state index in [0.717, 1.165) is 31.7 Å². The molecule has 0 aromatic carbocycles. The second kappa shape index (κ2) is 2.62. The first-order valence-corrected chi connectivity index (χ1v) is 4.05. The quantitative estimate of drug-likeness (QED) is 0.570. The van der Waals surface area contributed by atoms with Gasteiger partial charge in [0.1, 0.15) is 5.69 Å². The maximum Gasteiger partial charge on any atom is 0.205 e. The molecule has 4 nitrogen and oxygen atoms in total. The SMILES string of the molecule is CN1CCCn2c(C=O)cnc21. The number of anilines is 1. The fourth-order valence-electron chi connectivity index (χ4n) is 1.57. The molecule has 0 atom stereocenters. The van der Waals surface area contributed by atoms with Crippen molar-refractivity contribution in [1.82, 2.24) is 9.55 Å². The number of aldehydes is 1. The fraction of sp³-hybridized carbons (Fsp3) is 0.500. The first kappa shape index (κ1) is 7.34. The molecule has 64 valence electrons. The van der Waals surface area contributed by atoms with Crippen LogP contribution in [-0.4, -0.2) is 29.4 Å². The van der Waals surface area contributed by atoms with E-state index < -0.39 is 0 Å². The summed E-state index contributed by atoms with van der Waals surface area (Å²) in [5.74, 6) is 0.906. The predicted molar refractivity (Wildman–Crippen MR) is 45.5 cm³/mol. The monoisotopic (exact) mass is 165 g/mol. The highest BCUT2D eigenvalue weighted by molar-refractivity contribution is 5.73. The number of fused-ring (bicyclic) bond motifs is 1. The minimum Gasteiger partial charge on any atom is -0.345 e. The highest BCUT2D eigenvalue weighted by atomic mass is 16.1. The van der Waals surface area contributed by atoms with Gasteiger partial charge in [-0.15, -0.1) is 0 Å². The van der Waals surface area contributed by atoms with Gasteiger partial charge >= 0.3 is 0 Å². The van der Waals surface area contributed by atoms with Crippen LogP contribution in [0.5, 0.6) is 0 Å². The van der Waals surface area contributed by atoms with Crippen molar-refractivity contribution in [2.24, 2.45) is 0 Å². The third-order valence-electron chi connectivity index (χ3n) is 2.20. The van der Waals surface area contributed by atoms with E-state index >= 15 is 0 Å². The lowest BCUT2D eigenvalue weighted by molar-refractivity contribution is 0.111. The molecule has 0 amide bonds. The van der Waals surface area contributed by atoms with Crippen LogP contribution < -0.4 is 4.90 Å². The molecule has 2 heterocycles. The van der Waals surface area contributed by atoms with Gasteiger partial charge in [-0.3, -0.25) is 4.79 Å². The van der Waals surface area contributed by atoms with Crippen LogP contribution in [0.2, 0.25) is 0 Å². The minimum absolute atomic E-state index is 0.677. The molecule has 0 saturated carbocycles. The number of hydrogen-bond acceptors (Lipinski definition) is 3. The summed E-state index contributed by atoms with van der Waals surface area (Å²) in [5, 5.41) is 0. The minimum atomic E-state index is 0.677. The number of imidazole rings is 1. The fourth-order valence-corrected chi connectivity index (χ4v) is 1.57. The van der Waals surface area contributed by atoms with Gasteiger partial charge < -0.3 is 9.47 Å². The van der Waals surface area contributed by atoms with Gasteiger partial charge in [-0.05, 0) is 6.42 Å². The topological polar surface area (TPSA) is 38.1 Å². The Morgan fingerprint density at radius 3 is 3.17 bits per heavy atom. The number of hydrogen-bond donors (Lipinski definition) is 0. The Morgan fingerprint density at radius 2 is 2.42 bits per heavy atom. The summed E-state index contributed by atoms with van der Waals surface area (Å²) >= 11 is 0. The molecule has 0 radical (unpaired) electrons. The molecule has 0 bridgehead atoms. The van der Waals surface area contributed by atoms with Gasteiger partial charge in [0, 0.05) is 20.1 Å². The van der Waals surface area contributed by atoms with Gasteiger partial charge in [0.15, 0.2) is 6.29 Å². The Hall–Kier alpha value is -1.32. The molecule has 1 aromatic rings. The Bertz CT molecular complexity index is 305. The van der Waals surface area contributed by atoms with Gasteiger partial charge in [-0.25, -0.2) is 4.98 Å². The number of carbonyl (C=O) groups is 1. The third-order valence-corrected chi connectivity index (χ3v) is 2.20. The summed E-state index contributed by atoms with van der Waals surface area (Å²) in [4.78, 5) is 16.8. The van der Waals surface area contributed by atoms with Crippen LogP contribution in [-0.2, 0) is 6.54 Å². The van der Waals surface area contributed by atoms with Crippen LogP contribution in [0, 0.1) is 0 Å². The van der Waals surface area contributed by atoms with Crippen LogP contribution in [0.4, 0.5) is 5.95 Å². The second-order valence-corrected chi connectivity index (χ2v) is 3.03. The average molecular weight is 165 g/mol. The highest BCUT2D eigenvalue weighted by Gasteiger charge is 2.16. The largest absolute Gasteiger partial charge is 0.345 e. The molecular weight excluding hydrogens is 154 g/mol. The first-order valence-electron chi connectivity index (χ1n) is 4.05. The zero-order valence-corrected chi connectivity index (χ0v) is 7.03. The van der Waals surface area contributed by atoms with Crippen molar-refractivity contribution in [3.8, 4) is 0 Å². The Morgan fingerprint density at radius 1 is 1.58 bits per heavy atom. The van der Waals surface area contributed by atoms with Crippen molar-refractivity contribution in [2.45, 2.75) is 13.0 Å². The third kappa shape index (κ3) is 0.913. The van der Waals surface area contributed by atoms with E-state index in [9.17, 15) is 4.79 Å². The summed E-state index contributed by atoms with van der Waals surface area (Å²) in [6.07, 6.45) is 3.57. The number of aromatic nitrogens is 2. The molecule has 1 aliphatic heterocycles. The lowest BCUT2D eigenvalue weighted by Gasteiger charge is -2.25. The number of rotatable bonds is 1. The lowest BCUT2D eigenvalue weighted by Crippen LogP contribution is -2.28. The molecule has 4 heteroatoms. The van der Waals surface area contributed by atoms with Gasteiger partial charge in [0.2, 0.25) is 5.95 Å². The van der Waals surface area contributed by atoms with E-state index in [2.05, 4.69) is 9.88 Å². The maximum atomic E-state index is 10.6. The molecule has 0 unspecified atom stereocenters. The molecule has 0 N–H and O–H groups in total. The van der Waals surface area contributed by atoms with E-state index in [4.69, 9.17) is 0 Å². The molecule has 0 spiro atoms. The molecule has 12 heavy (non-hydrogen) atoms. The van der Waals surface area contributed by atoms with Crippen molar-refractivity contribution in [3.63, 3.8) is 0 Å². The lowest BCUT2D eigenvalue weighted by atomic mass is 10.3. The van der Waals surface area contributed by atoms with Crippen LogP contribution in [0.1, 0.15) is 16.9 Å².